The fraction of sp³-hybridized carbons (Fsp3) is 0.222. The Morgan fingerprint density at radius 1 is 1.19 bits per heavy atom. The molecule has 138 valence electrons. The van der Waals surface area contributed by atoms with Gasteiger partial charge in [0.15, 0.2) is 6.10 Å². The van der Waals surface area contributed by atoms with Crippen LogP contribution in [0.15, 0.2) is 47.4 Å². The Hall–Kier alpha value is -2.61. The molecular weight excluding hydrogens is 364 g/mol. The fourth-order valence-electron chi connectivity index (χ4n) is 2.09. The van der Waals surface area contributed by atoms with Crippen LogP contribution in [0.2, 0.25) is 0 Å². The number of rotatable bonds is 6. The molecular formula is C18H17F2NO4S. The molecule has 5 nitrogen and oxygen atoms in total. The van der Waals surface area contributed by atoms with Gasteiger partial charge in [-0.1, -0.05) is 19.1 Å². The highest BCUT2D eigenvalue weighted by molar-refractivity contribution is 7.85. The van der Waals surface area contributed by atoms with Crippen LogP contribution in [0.4, 0.5) is 14.5 Å². The van der Waals surface area contributed by atoms with Crippen molar-refractivity contribution in [2.75, 3.05) is 11.1 Å². The summed E-state index contributed by atoms with van der Waals surface area (Å²) in [5.74, 6) is -2.99. The van der Waals surface area contributed by atoms with E-state index in [2.05, 4.69) is 5.32 Å². The molecule has 0 fully saturated rings. The Labute approximate surface area is 151 Å². The number of halogens is 2. The number of carbonyl (C=O) groups is 2. The van der Waals surface area contributed by atoms with Gasteiger partial charge in [0, 0.05) is 11.8 Å². The molecule has 0 bridgehead atoms. The molecule has 0 unspecified atom stereocenters. The number of nitrogens with one attached hydrogen (secondary N) is 1. The molecule has 1 N–H and O–H groups in total. The zero-order valence-electron chi connectivity index (χ0n) is 14.1. The normalized spacial score (nSPS) is 12.9. The van der Waals surface area contributed by atoms with Crippen molar-refractivity contribution in [2.45, 2.75) is 24.8 Å². The molecule has 0 aliphatic rings. The average Bonchev–Trinajstić information content (AvgIpc) is 2.63. The molecule has 2 rings (SSSR count). The zero-order chi connectivity index (χ0) is 19.3. The molecule has 0 saturated carbocycles. The minimum absolute atomic E-state index is 0.0975. The first-order valence-electron chi connectivity index (χ1n) is 7.77. The lowest BCUT2D eigenvalue weighted by Gasteiger charge is -2.15. The first-order chi connectivity index (χ1) is 12.3. The quantitative estimate of drug-likeness (QED) is 0.780. The fourth-order valence-corrected chi connectivity index (χ4v) is 3.03. The molecule has 2 aromatic carbocycles. The van der Waals surface area contributed by atoms with Crippen LogP contribution < -0.4 is 5.32 Å². The minimum atomic E-state index is -1.37. The van der Waals surface area contributed by atoms with E-state index in [0.29, 0.717) is 16.7 Å². The van der Waals surface area contributed by atoms with Gasteiger partial charge in [0.1, 0.15) is 11.6 Å². The Morgan fingerprint density at radius 2 is 1.88 bits per heavy atom. The van der Waals surface area contributed by atoms with E-state index in [0.717, 1.165) is 12.1 Å². The standard InChI is InChI=1S/C18H17F2NO4S/c1-3-26(24)16-7-5-4-6-13(16)18(23)25-11(2)17(22)21-15-9-8-12(19)10-14(15)20/h4-11H,3H2,1-2H3,(H,21,22)/t11-,26+/m0/s1. The maximum atomic E-state index is 13.6. The SMILES string of the molecule is CC[S@@](=O)c1ccccc1C(=O)O[C@@H](C)C(=O)Nc1ccc(F)cc1F. The molecule has 2 aromatic rings. The summed E-state index contributed by atoms with van der Waals surface area (Å²) in [7, 11) is -1.37. The highest BCUT2D eigenvalue weighted by Crippen LogP contribution is 2.18. The minimum Gasteiger partial charge on any atom is -0.449 e. The summed E-state index contributed by atoms with van der Waals surface area (Å²) >= 11 is 0. The van der Waals surface area contributed by atoms with Gasteiger partial charge in [-0.05, 0) is 31.2 Å². The molecule has 2 atom stereocenters. The highest BCUT2D eigenvalue weighted by atomic mass is 32.2. The van der Waals surface area contributed by atoms with Crippen molar-refractivity contribution in [1.82, 2.24) is 0 Å². The molecule has 0 aliphatic carbocycles. The maximum Gasteiger partial charge on any atom is 0.340 e. The number of carbonyl (C=O) groups excluding carboxylic acids is 2. The van der Waals surface area contributed by atoms with E-state index in [1.807, 2.05) is 0 Å². The number of benzene rings is 2. The second kappa shape index (κ2) is 8.66. The predicted octanol–water partition coefficient (Wildman–Crippen LogP) is 3.28. The van der Waals surface area contributed by atoms with Crippen LogP contribution in [0.3, 0.4) is 0 Å². The van der Waals surface area contributed by atoms with Crippen LogP contribution >= 0.6 is 0 Å². The number of esters is 1. The smallest absolute Gasteiger partial charge is 0.340 e. The maximum absolute atomic E-state index is 13.6. The van der Waals surface area contributed by atoms with Gasteiger partial charge in [0.25, 0.3) is 5.91 Å². The van der Waals surface area contributed by atoms with E-state index in [4.69, 9.17) is 4.74 Å². The van der Waals surface area contributed by atoms with E-state index in [-0.39, 0.29) is 11.3 Å². The van der Waals surface area contributed by atoms with Crippen LogP contribution in [0.25, 0.3) is 0 Å². The third kappa shape index (κ3) is 4.72. The molecule has 0 spiro atoms. The van der Waals surface area contributed by atoms with Crippen molar-refractivity contribution in [1.29, 1.82) is 0 Å². The summed E-state index contributed by atoms with van der Waals surface area (Å²) in [5.41, 5.74) is -0.132. The van der Waals surface area contributed by atoms with Gasteiger partial charge in [0.05, 0.1) is 26.9 Å². The van der Waals surface area contributed by atoms with Gasteiger partial charge >= 0.3 is 5.97 Å². The van der Waals surface area contributed by atoms with Crippen molar-refractivity contribution in [3.05, 3.63) is 59.7 Å². The van der Waals surface area contributed by atoms with E-state index in [1.165, 1.54) is 13.0 Å². The van der Waals surface area contributed by atoms with Crippen molar-refractivity contribution in [3.8, 4) is 0 Å². The average molecular weight is 381 g/mol. The van der Waals surface area contributed by atoms with Crippen molar-refractivity contribution < 1.29 is 27.3 Å². The summed E-state index contributed by atoms with van der Waals surface area (Å²) in [5, 5.41) is 2.22. The molecule has 1 amide bonds. The van der Waals surface area contributed by atoms with Gasteiger partial charge in [-0.25, -0.2) is 13.6 Å². The number of ether oxygens (including phenoxy) is 1. The lowest BCUT2D eigenvalue weighted by atomic mass is 10.2. The van der Waals surface area contributed by atoms with Crippen molar-refractivity contribution in [3.63, 3.8) is 0 Å². The van der Waals surface area contributed by atoms with Crippen LogP contribution in [0, 0.1) is 11.6 Å². The van der Waals surface area contributed by atoms with Gasteiger partial charge in [-0.3, -0.25) is 9.00 Å². The summed E-state index contributed by atoms with van der Waals surface area (Å²) in [6.07, 6.45) is -1.24. The van der Waals surface area contributed by atoms with Gasteiger partial charge in [-0.2, -0.15) is 0 Å². The van der Waals surface area contributed by atoms with Crippen molar-refractivity contribution in [2.24, 2.45) is 0 Å². The zero-order valence-corrected chi connectivity index (χ0v) is 14.9. The van der Waals surface area contributed by atoms with Crippen LogP contribution in [0.5, 0.6) is 0 Å². The van der Waals surface area contributed by atoms with Gasteiger partial charge in [-0.15, -0.1) is 0 Å². The molecule has 0 heterocycles. The monoisotopic (exact) mass is 381 g/mol. The van der Waals surface area contributed by atoms with Crippen molar-refractivity contribution >= 4 is 28.4 Å². The van der Waals surface area contributed by atoms with E-state index < -0.39 is 40.4 Å². The number of anilines is 1. The summed E-state index contributed by atoms with van der Waals surface area (Å²) in [4.78, 5) is 24.7. The predicted molar refractivity (Wildman–Crippen MR) is 93.3 cm³/mol. The molecule has 8 heteroatoms. The van der Waals surface area contributed by atoms with Crippen LogP contribution in [-0.2, 0) is 20.3 Å². The second-order valence-corrected chi connectivity index (χ2v) is 7.00. The first-order valence-corrected chi connectivity index (χ1v) is 9.09. The highest BCUT2D eigenvalue weighted by Gasteiger charge is 2.22. The summed E-state index contributed by atoms with van der Waals surface area (Å²) in [6, 6.07) is 8.92. The summed E-state index contributed by atoms with van der Waals surface area (Å²) in [6.45, 7) is 3.03. The third-order valence-electron chi connectivity index (χ3n) is 3.46. The Bertz CT molecular complexity index is 857. The largest absolute Gasteiger partial charge is 0.449 e. The molecule has 0 aliphatic heterocycles. The molecule has 26 heavy (non-hydrogen) atoms. The van der Waals surface area contributed by atoms with Crippen LogP contribution in [-0.4, -0.2) is 27.9 Å². The van der Waals surface area contributed by atoms with Gasteiger partial charge in [0.2, 0.25) is 0 Å². The lowest BCUT2D eigenvalue weighted by Crippen LogP contribution is -2.30. The Balaban J connectivity index is 2.09. The molecule has 0 aromatic heterocycles. The van der Waals surface area contributed by atoms with E-state index in [9.17, 15) is 22.6 Å². The number of hydrogen-bond acceptors (Lipinski definition) is 4. The third-order valence-corrected chi connectivity index (χ3v) is 4.83. The van der Waals surface area contributed by atoms with Gasteiger partial charge < -0.3 is 10.1 Å². The lowest BCUT2D eigenvalue weighted by molar-refractivity contribution is -0.123. The first kappa shape index (κ1) is 19.7. The Kier molecular flexibility index (Phi) is 6.57. The second-order valence-electron chi connectivity index (χ2n) is 5.29. The molecule has 0 radical (unpaired) electrons. The summed E-state index contributed by atoms with van der Waals surface area (Å²) < 4.78 is 43.6. The number of amides is 1. The van der Waals surface area contributed by atoms with Crippen LogP contribution in [0.1, 0.15) is 24.2 Å². The van der Waals surface area contributed by atoms with E-state index >= 15 is 0 Å². The Morgan fingerprint density at radius 3 is 2.54 bits per heavy atom. The van der Waals surface area contributed by atoms with E-state index in [1.54, 1.807) is 25.1 Å². The molecule has 0 saturated heterocycles. The number of hydrogen-bond donors (Lipinski definition) is 1. The topological polar surface area (TPSA) is 72.5 Å².